The Morgan fingerprint density at radius 2 is 2.00 bits per heavy atom. The zero-order valence-corrected chi connectivity index (χ0v) is 19.2. The molecular weight excluding hydrogens is 464 g/mol. The van der Waals surface area contributed by atoms with Crippen LogP contribution in [0.4, 0.5) is 14.5 Å². The molecule has 0 saturated heterocycles. The Labute approximate surface area is 199 Å². The van der Waals surface area contributed by atoms with E-state index in [0.717, 1.165) is 12.8 Å². The molecule has 1 atom stereocenters. The fourth-order valence-corrected chi connectivity index (χ4v) is 3.89. The minimum Gasteiger partial charge on any atom is -0.494 e. The number of aromatic hydroxyl groups is 1. The van der Waals surface area contributed by atoms with Gasteiger partial charge in [0, 0.05) is 31.7 Å². The molecule has 1 aliphatic carbocycles. The van der Waals surface area contributed by atoms with Gasteiger partial charge in [-0.25, -0.2) is 0 Å². The Bertz CT molecular complexity index is 1260. The number of hydrogen-bond donors (Lipinski definition) is 1. The number of fused-ring (bicyclic) bond motifs is 1. The Hall–Kier alpha value is -3.89. The molecule has 1 saturated carbocycles. The summed E-state index contributed by atoms with van der Waals surface area (Å²) in [6, 6.07) is 7.95. The van der Waals surface area contributed by atoms with Gasteiger partial charge in [0.15, 0.2) is 11.5 Å². The molecule has 1 N–H and O–H groups in total. The van der Waals surface area contributed by atoms with Crippen LogP contribution in [0, 0.1) is 16.0 Å². The maximum absolute atomic E-state index is 13.0. The van der Waals surface area contributed by atoms with Crippen LogP contribution in [0.5, 0.6) is 17.4 Å². The number of alkyl halides is 2. The molecule has 3 aromatic rings. The van der Waals surface area contributed by atoms with Crippen LogP contribution in [0.25, 0.3) is 10.8 Å². The van der Waals surface area contributed by atoms with Gasteiger partial charge in [-0.1, -0.05) is 18.2 Å². The number of ether oxygens (including phenoxy) is 2. The largest absolute Gasteiger partial charge is 0.494 e. The molecule has 1 fully saturated rings. The van der Waals surface area contributed by atoms with Gasteiger partial charge in [-0.3, -0.25) is 14.9 Å². The van der Waals surface area contributed by atoms with E-state index >= 15 is 0 Å². The number of carbonyl (C=O) groups excluding carboxylic acids is 1. The second-order valence-corrected chi connectivity index (χ2v) is 8.71. The highest BCUT2D eigenvalue weighted by Gasteiger charge is 2.28. The monoisotopic (exact) mass is 489 g/mol. The van der Waals surface area contributed by atoms with E-state index in [0.29, 0.717) is 23.5 Å². The lowest BCUT2D eigenvalue weighted by Gasteiger charge is -2.23. The molecular formula is C24H25F2N3O6. The first-order chi connectivity index (χ1) is 16.7. The third-order valence-electron chi connectivity index (χ3n) is 5.96. The van der Waals surface area contributed by atoms with E-state index in [1.54, 1.807) is 20.2 Å². The number of halogens is 2. The second kappa shape index (κ2) is 9.77. The smallest absolute Gasteiger partial charge is 0.387 e. The van der Waals surface area contributed by atoms with Gasteiger partial charge in [0.1, 0.15) is 5.39 Å². The van der Waals surface area contributed by atoms with Gasteiger partial charge in [0.25, 0.3) is 5.69 Å². The van der Waals surface area contributed by atoms with Crippen LogP contribution >= 0.6 is 0 Å². The number of nitro benzene ring substituents is 1. The summed E-state index contributed by atoms with van der Waals surface area (Å²) in [6.07, 6.45) is 3.41. The molecule has 186 valence electrons. The van der Waals surface area contributed by atoms with Gasteiger partial charge in [-0.2, -0.15) is 8.78 Å². The Morgan fingerprint density at radius 3 is 2.63 bits per heavy atom. The first kappa shape index (κ1) is 24.2. The first-order valence-electron chi connectivity index (χ1n) is 11.0. The number of hydrogen-bond acceptors (Lipinski definition) is 6. The molecule has 0 bridgehead atoms. The topological polar surface area (TPSA) is 107 Å². The average Bonchev–Trinajstić information content (AvgIpc) is 3.58. The van der Waals surface area contributed by atoms with Gasteiger partial charge in [0.2, 0.25) is 11.8 Å². The van der Waals surface area contributed by atoms with E-state index in [9.17, 15) is 28.8 Å². The van der Waals surface area contributed by atoms with E-state index in [1.165, 1.54) is 46.0 Å². The fourth-order valence-electron chi connectivity index (χ4n) is 3.89. The first-order valence-corrected chi connectivity index (χ1v) is 11.0. The maximum atomic E-state index is 13.0. The number of nitro groups is 1. The molecule has 1 unspecified atom stereocenters. The highest BCUT2D eigenvalue weighted by molar-refractivity contribution is 5.96. The molecule has 11 heteroatoms. The molecule has 35 heavy (non-hydrogen) atoms. The van der Waals surface area contributed by atoms with E-state index in [2.05, 4.69) is 4.74 Å². The van der Waals surface area contributed by atoms with Crippen molar-refractivity contribution in [1.82, 2.24) is 9.47 Å². The molecule has 1 aromatic heterocycles. The fraction of sp³-hybridized carbons (Fsp3) is 0.375. The third kappa shape index (κ3) is 5.28. The summed E-state index contributed by atoms with van der Waals surface area (Å²) >= 11 is 0. The van der Waals surface area contributed by atoms with Crippen LogP contribution in [0.3, 0.4) is 0 Å². The molecule has 0 spiro atoms. The molecule has 4 rings (SSSR count). The van der Waals surface area contributed by atoms with Crippen LogP contribution in [0.1, 0.15) is 30.9 Å². The van der Waals surface area contributed by atoms with Crippen molar-refractivity contribution in [2.75, 3.05) is 20.7 Å². The number of aromatic nitrogens is 1. The lowest BCUT2D eigenvalue weighted by molar-refractivity contribution is -0.383. The van der Waals surface area contributed by atoms with E-state index < -0.39 is 17.6 Å². The Balaban J connectivity index is 1.82. The SMILES string of the molecule is CN(C)C(=O)CC(c1ccc(OC(F)F)c(OCC2CC2)c1)n1cc2cccc([N+](=O)[O-])c2c1O. The predicted octanol–water partition coefficient (Wildman–Crippen LogP) is 4.71. The summed E-state index contributed by atoms with van der Waals surface area (Å²) in [5.74, 6) is -0.338. The minimum atomic E-state index is -3.05. The quantitative estimate of drug-likeness (QED) is 0.326. The van der Waals surface area contributed by atoms with Gasteiger partial charge in [0.05, 0.1) is 24.0 Å². The number of nitrogens with zero attached hydrogens (tertiary/aromatic N) is 3. The Morgan fingerprint density at radius 1 is 1.26 bits per heavy atom. The lowest BCUT2D eigenvalue weighted by Crippen LogP contribution is -2.26. The van der Waals surface area contributed by atoms with Crippen molar-refractivity contribution >= 4 is 22.4 Å². The van der Waals surface area contributed by atoms with E-state index in [1.807, 2.05) is 0 Å². The predicted molar refractivity (Wildman–Crippen MR) is 123 cm³/mol. The van der Waals surface area contributed by atoms with Crippen molar-refractivity contribution in [1.29, 1.82) is 0 Å². The van der Waals surface area contributed by atoms with Crippen molar-refractivity contribution in [2.24, 2.45) is 5.92 Å². The second-order valence-electron chi connectivity index (χ2n) is 8.71. The summed E-state index contributed by atoms with van der Waals surface area (Å²) in [5, 5.41) is 23.0. The number of rotatable bonds is 10. The van der Waals surface area contributed by atoms with Gasteiger partial charge >= 0.3 is 6.61 Å². The zero-order valence-electron chi connectivity index (χ0n) is 19.2. The standard InChI is InChI=1S/C24H25F2N3O6/c1-27(2)21(30)11-18(28-12-16-4-3-5-17(29(32)33)22(16)23(28)31)15-8-9-19(35-24(25)26)20(10-15)34-13-14-6-7-14/h3-5,8-10,12,14,18,24,31H,6-7,11,13H2,1-2H3. The molecule has 9 nitrogen and oxygen atoms in total. The number of carbonyl (C=O) groups is 1. The molecule has 1 aliphatic rings. The summed E-state index contributed by atoms with van der Waals surface area (Å²) in [7, 11) is 3.17. The summed E-state index contributed by atoms with van der Waals surface area (Å²) in [4.78, 5) is 25.0. The average molecular weight is 489 g/mol. The molecule has 2 aromatic carbocycles. The van der Waals surface area contributed by atoms with Gasteiger partial charge in [-0.15, -0.1) is 0 Å². The van der Waals surface area contributed by atoms with Crippen molar-refractivity contribution in [2.45, 2.75) is 31.9 Å². The normalized spacial score (nSPS) is 14.2. The van der Waals surface area contributed by atoms with E-state index in [-0.39, 0.29) is 40.8 Å². The van der Waals surface area contributed by atoms with Crippen molar-refractivity contribution in [3.8, 4) is 17.4 Å². The van der Waals surface area contributed by atoms with E-state index in [4.69, 9.17) is 4.74 Å². The number of non-ortho nitro benzene ring substituents is 1. The van der Waals surface area contributed by atoms with Crippen LogP contribution in [-0.4, -0.2) is 52.7 Å². The number of amides is 1. The highest BCUT2D eigenvalue weighted by atomic mass is 19.3. The molecule has 0 aliphatic heterocycles. The van der Waals surface area contributed by atoms with Crippen molar-refractivity contribution in [3.63, 3.8) is 0 Å². The zero-order chi connectivity index (χ0) is 25.3. The van der Waals surface area contributed by atoms with Crippen molar-refractivity contribution < 1.29 is 33.1 Å². The highest BCUT2D eigenvalue weighted by Crippen LogP contribution is 2.41. The third-order valence-corrected chi connectivity index (χ3v) is 5.96. The van der Waals surface area contributed by atoms with Crippen LogP contribution < -0.4 is 9.47 Å². The summed E-state index contributed by atoms with van der Waals surface area (Å²) in [5.41, 5.74) is 0.205. The van der Waals surface area contributed by atoms with Crippen LogP contribution in [0.15, 0.2) is 42.6 Å². The van der Waals surface area contributed by atoms with Crippen LogP contribution in [-0.2, 0) is 4.79 Å². The summed E-state index contributed by atoms with van der Waals surface area (Å²) in [6.45, 7) is -2.70. The summed E-state index contributed by atoms with van der Waals surface area (Å²) < 4.78 is 37.7. The van der Waals surface area contributed by atoms with Crippen molar-refractivity contribution in [3.05, 3.63) is 58.3 Å². The molecule has 1 amide bonds. The number of benzene rings is 2. The Kier molecular flexibility index (Phi) is 6.77. The van der Waals surface area contributed by atoms with Crippen LogP contribution in [0.2, 0.25) is 0 Å². The molecule has 1 heterocycles. The molecule has 0 radical (unpaired) electrons. The maximum Gasteiger partial charge on any atom is 0.387 e. The minimum absolute atomic E-state index is 0.0441. The van der Waals surface area contributed by atoms with Gasteiger partial charge in [-0.05, 0) is 36.5 Å². The lowest BCUT2D eigenvalue weighted by atomic mass is 10.0. The van der Waals surface area contributed by atoms with Gasteiger partial charge < -0.3 is 24.0 Å².